The van der Waals surface area contributed by atoms with Crippen molar-refractivity contribution in [1.82, 2.24) is 0 Å². The fraction of sp³-hybridized carbons (Fsp3) is 0.263. The van der Waals surface area contributed by atoms with E-state index < -0.39 is 14.6 Å². The summed E-state index contributed by atoms with van der Waals surface area (Å²) in [6.45, 7) is 3.50. The predicted octanol–water partition coefficient (Wildman–Crippen LogP) is 4.35. The van der Waals surface area contributed by atoms with Crippen LogP contribution >= 0.6 is 0 Å². The molecule has 0 aliphatic carbocycles. The van der Waals surface area contributed by atoms with E-state index in [1.807, 2.05) is 42.5 Å². The molecular formula is C19H22O3S. The molecule has 0 atom stereocenters. The van der Waals surface area contributed by atoms with Crippen LogP contribution in [0.4, 0.5) is 0 Å². The predicted molar refractivity (Wildman–Crippen MR) is 94.4 cm³/mol. The first-order chi connectivity index (χ1) is 10.9. The quantitative estimate of drug-likeness (QED) is 0.791. The van der Waals surface area contributed by atoms with Gasteiger partial charge in [0.1, 0.15) is 5.75 Å². The maximum atomic E-state index is 12.8. The molecule has 0 N–H and O–H groups in total. The Morgan fingerprint density at radius 1 is 1.00 bits per heavy atom. The van der Waals surface area contributed by atoms with Gasteiger partial charge in [-0.1, -0.05) is 42.5 Å². The SMILES string of the molecule is COc1ccc(S(=O)(=O)C(C)(C)CC=Cc2ccccc2)cc1. The zero-order valence-electron chi connectivity index (χ0n) is 13.7. The molecule has 0 aliphatic heterocycles. The van der Waals surface area contributed by atoms with Crippen molar-refractivity contribution >= 4 is 15.9 Å². The van der Waals surface area contributed by atoms with Gasteiger partial charge in [0.2, 0.25) is 0 Å². The molecule has 0 radical (unpaired) electrons. The topological polar surface area (TPSA) is 43.4 Å². The van der Waals surface area contributed by atoms with E-state index in [0.29, 0.717) is 17.1 Å². The van der Waals surface area contributed by atoms with Crippen molar-refractivity contribution in [3.63, 3.8) is 0 Å². The van der Waals surface area contributed by atoms with Gasteiger partial charge in [-0.15, -0.1) is 0 Å². The Kier molecular flexibility index (Phi) is 5.26. The highest BCUT2D eigenvalue weighted by Gasteiger charge is 2.34. The first kappa shape index (κ1) is 17.3. The Bertz CT molecular complexity index is 758. The first-order valence-electron chi connectivity index (χ1n) is 7.47. The molecule has 2 aromatic carbocycles. The molecule has 0 aliphatic rings. The third-order valence-electron chi connectivity index (χ3n) is 3.82. The van der Waals surface area contributed by atoms with Crippen molar-refractivity contribution < 1.29 is 13.2 Å². The molecule has 0 aromatic heterocycles. The molecule has 0 fully saturated rings. The molecule has 0 heterocycles. The Morgan fingerprint density at radius 3 is 2.17 bits per heavy atom. The zero-order chi connectivity index (χ0) is 16.9. The van der Waals surface area contributed by atoms with Gasteiger partial charge < -0.3 is 4.74 Å². The Labute approximate surface area is 138 Å². The smallest absolute Gasteiger partial charge is 0.183 e. The van der Waals surface area contributed by atoms with Gasteiger partial charge in [0, 0.05) is 0 Å². The Balaban J connectivity index is 2.17. The Hall–Kier alpha value is -2.07. The molecule has 0 saturated heterocycles. The van der Waals surface area contributed by atoms with Crippen LogP contribution in [0.2, 0.25) is 0 Å². The Morgan fingerprint density at radius 2 is 1.61 bits per heavy atom. The van der Waals surface area contributed by atoms with Crippen molar-refractivity contribution in [2.45, 2.75) is 29.9 Å². The van der Waals surface area contributed by atoms with Gasteiger partial charge in [0.05, 0.1) is 16.8 Å². The van der Waals surface area contributed by atoms with Gasteiger partial charge in [0.25, 0.3) is 0 Å². The molecule has 0 spiro atoms. The normalized spacial score (nSPS) is 12.5. The number of sulfone groups is 1. The number of allylic oxidation sites excluding steroid dienone is 1. The lowest BCUT2D eigenvalue weighted by Crippen LogP contribution is -2.31. The van der Waals surface area contributed by atoms with E-state index in [1.54, 1.807) is 45.2 Å². The van der Waals surface area contributed by atoms with E-state index in [-0.39, 0.29) is 0 Å². The number of hydrogen-bond acceptors (Lipinski definition) is 3. The minimum Gasteiger partial charge on any atom is -0.497 e. The van der Waals surface area contributed by atoms with Gasteiger partial charge in [-0.25, -0.2) is 8.42 Å². The van der Waals surface area contributed by atoms with E-state index in [9.17, 15) is 8.42 Å². The lowest BCUT2D eigenvalue weighted by atomic mass is 10.1. The second-order valence-electron chi connectivity index (χ2n) is 5.96. The molecule has 0 saturated carbocycles. The van der Waals surface area contributed by atoms with Gasteiger partial charge in [-0.2, -0.15) is 0 Å². The van der Waals surface area contributed by atoms with Gasteiger partial charge in [-0.05, 0) is 50.1 Å². The number of ether oxygens (including phenoxy) is 1. The fourth-order valence-corrected chi connectivity index (χ4v) is 3.67. The van der Waals surface area contributed by atoms with Crippen LogP contribution in [-0.2, 0) is 9.84 Å². The van der Waals surface area contributed by atoms with Crippen LogP contribution in [0.15, 0.2) is 65.6 Å². The van der Waals surface area contributed by atoms with Crippen LogP contribution in [-0.4, -0.2) is 20.3 Å². The van der Waals surface area contributed by atoms with E-state index in [0.717, 1.165) is 5.56 Å². The lowest BCUT2D eigenvalue weighted by Gasteiger charge is -2.23. The molecule has 4 heteroatoms. The third-order valence-corrected chi connectivity index (χ3v) is 6.33. The number of benzene rings is 2. The van der Waals surface area contributed by atoms with Crippen LogP contribution in [0.3, 0.4) is 0 Å². The monoisotopic (exact) mass is 330 g/mol. The summed E-state index contributed by atoms with van der Waals surface area (Å²) in [6, 6.07) is 16.4. The van der Waals surface area contributed by atoms with Crippen molar-refractivity contribution in [2.24, 2.45) is 0 Å². The summed E-state index contributed by atoms with van der Waals surface area (Å²) in [6.07, 6.45) is 4.30. The van der Waals surface area contributed by atoms with Crippen LogP contribution in [0.25, 0.3) is 6.08 Å². The van der Waals surface area contributed by atoms with Gasteiger partial charge in [0.15, 0.2) is 9.84 Å². The highest BCUT2D eigenvalue weighted by atomic mass is 32.2. The van der Waals surface area contributed by atoms with Crippen molar-refractivity contribution in [1.29, 1.82) is 0 Å². The minimum atomic E-state index is -3.42. The van der Waals surface area contributed by atoms with E-state index in [4.69, 9.17) is 4.74 Å². The molecular weight excluding hydrogens is 308 g/mol. The standard InChI is InChI=1S/C19H22O3S/c1-19(2,15-7-10-16-8-5-4-6-9-16)23(20,21)18-13-11-17(22-3)12-14-18/h4-14H,15H2,1-3H3. The van der Waals surface area contributed by atoms with Crippen molar-refractivity contribution in [3.8, 4) is 5.75 Å². The van der Waals surface area contributed by atoms with Crippen LogP contribution in [0.5, 0.6) is 5.75 Å². The molecule has 2 aromatic rings. The molecule has 0 amide bonds. The van der Waals surface area contributed by atoms with E-state index in [2.05, 4.69) is 0 Å². The van der Waals surface area contributed by atoms with Crippen LogP contribution in [0, 0.1) is 0 Å². The largest absolute Gasteiger partial charge is 0.497 e. The lowest BCUT2D eigenvalue weighted by molar-refractivity contribution is 0.414. The molecule has 3 nitrogen and oxygen atoms in total. The van der Waals surface area contributed by atoms with Crippen molar-refractivity contribution in [2.75, 3.05) is 7.11 Å². The summed E-state index contributed by atoms with van der Waals surface area (Å²) < 4.78 is 29.8. The number of rotatable bonds is 6. The third kappa shape index (κ3) is 4.02. The summed E-state index contributed by atoms with van der Waals surface area (Å²) in [4.78, 5) is 0.316. The summed E-state index contributed by atoms with van der Waals surface area (Å²) in [5.41, 5.74) is 1.06. The summed E-state index contributed by atoms with van der Waals surface area (Å²) >= 11 is 0. The zero-order valence-corrected chi connectivity index (χ0v) is 14.5. The fourth-order valence-electron chi connectivity index (χ4n) is 2.23. The van der Waals surface area contributed by atoms with Crippen LogP contribution < -0.4 is 4.74 Å². The molecule has 23 heavy (non-hydrogen) atoms. The number of methoxy groups -OCH3 is 1. The first-order valence-corrected chi connectivity index (χ1v) is 8.95. The highest BCUT2D eigenvalue weighted by Crippen LogP contribution is 2.30. The molecule has 0 unspecified atom stereocenters. The molecule has 2 rings (SSSR count). The summed E-state index contributed by atoms with van der Waals surface area (Å²) in [5, 5.41) is 0. The van der Waals surface area contributed by atoms with Crippen LogP contribution in [0.1, 0.15) is 25.8 Å². The van der Waals surface area contributed by atoms with Crippen molar-refractivity contribution in [3.05, 3.63) is 66.2 Å². The summed E-state index contributed by atoms with van der Waals surface area (Å²) in [7, 11) is -1.87. The van der Waals surface area contributed by atoms with E-state index in [1.165, 1.54) is 0 Å². The van der Waals surface area contributed by atoms with E-state index >= 15 is 0 Å². The van der Waals surface area contributed by atoms with Gasteiger partial charge in [-0.3, -0.25) is 0 Å². The average molecular weight is 330 g/mol. The maximum absolute atomic E-state index is 12.8. The molecule has 0 bridgehead atoms. The number of hydrogen-bond donors (Lipinski definition) is 0. The summed E-state index contributed by atoms with van der Waals surface area (Å²) in [5.74, 6) is 0.644. The average Bonchev–Trinajstić information content (AvgIpc) is 2.55. The van der Waals surface area contributed by atoms with Gasteiger partial charge >= 0.3 is 0 Å². The molecule has 122 valence electrons. The minimum absolute atomic E-state index is 0.316. The highest BCUT2D eigenvalue weighted by molar-refractivity contribution is 7.92. The maximum Gasteiger partial charge on any atom is 0.183 e. The second-order valence-corrected chi connectivity index (χ2v) is 8.54. The second kappa shape index (κ2) is 7.01.